The minimum Gasteiger partial charge on any atom is -0.375 e. The van der Waals surface area contributed by atoms with E-state index in [9.17, 15) is 4.79 Å². The van der Waals surface area contributed by atoms with Crippen LogP contribution in [0.4, 0.5) is 0 Å². The summed E-state index contributed by atoms with van der Waals surface area (Å²) in [7, 11) is 0. The van der Waals surface area contributed by atoms with Crippen LogP contribution in [0.25, 0.3) is 0 Å². The van der Waals surface area contributed by atoms with Gasteiger partial charge in [-0.25, -0.2) is 0 Å². The van der Waals surface area contributed by atoms with Crippen LogP contribution in [0.5, 0.6) is 0 Å². The van der Waals surface area contributed by atoms with E-state index < -0.39 is 0 Å². The Balaban J connectivity index is 1.65. The van der Waals surface area contributed by atoms with Crippen LogP contribution in [0.3, 0.4) is 0 Å². The molecule has 3 rings (SSSR count). The van der Waals surface area contributed by atoms with Gasteiger partial charge in [-0.3, -0.25) is 4.79 Å². The molecule has 0 bridgehead atoms. The second-order valence-corrected chi connectivity index (χ2v) is 7.66. The smallest absolute Gasteiger partial charge is 0.140 e. The van der Waals surface area contributed by atoms with Gasteiger partial charge in [0, 0.05) is 24.5 Å². The minimum atomic E-state index is 0.0204. The lowest BCUT2D eigenvalue weighted by Gasteiger charge is -2.43. The van der Waals surface area contributed by atoms with Gasteiger partial charge in [0.15, 0.2) is 0 Å². The van der Waals surface area contributed by atoms with E-state index >= 15 is 0 Å². The van der Waals surface area contributed by atoms with Crippen molar-refractivity contribution in [2.45, 2.75) is 56.6 Å². The van der Waals surface area contributed by atoms with Gasteiger partial charge in [-0.1, -0.05) is 6.42 Å². The molecular formula is C15H25NO2S. The molecule has 3 unspecified atom stereocenters. The highest BCUT2D eigenvalue weighted by molar-refractivity contribution is 7.99. The topological polar surface area (TPSA) is 52.3 Å². The summed E-state index contributed by atoms with van der Waals surface area (Å²) in [6.45, 7) is 0.767. The molecular weight excluding hydrogens is 258 g/mol. The first-order chi connectivity index (χ1) is 9.20. The number of carbonyl (C=O) groups excluding carboxylic acids is 1. The summed E-state index contributed by atoms with van der Waals surface area (Å²) in [6, 6.07) is 0.119. The number of hydrogen-bond donors (Lipinski definition) is 1. The van der Waals surface area contributed by atoms with Gasteiger partial charge in [-0.05, 0) is 50.0 Å². The Labute approximate surface area is 120 Å². The van der Waals surface area contributed by atoms with E-state index in [2.05, 4.69) is 0 Å². The minimum absolute atomic E-state index is 0.0204. The molecule has 0 aromatic carbocycles. The van der Waals surface area contributed by atoms with E-state index in [1.807, 2.05) is 11.8 Å². The number of hydrogen-bond acceptors (Lipinski definition) is 4. The third kappa shape index (κ3) is 2.86. The highest BCUT2D eigenvalue weighted by Gasteiger charge is 2.43. The number of rotatable bonds is 2. The normalized spacial score (nSPS) is 38.5. The van der Waals surface area contributed by atoms with Crippen molar-refractivity contribution in [2.24, 2.45) is 17.6 Å². The van der Waals surface area contributed by atoms with Crippen molar-refractivity contribution in [3.05, 3.63) is 0 Å². The Kier molecular flexibility index (Phi) is 4.20. The standard InChI is InChI=1S/C15H25NO2S/c16-13-3-1-2-12(13)14(17)11-4-7-18-15(10-11)5-8-19-9-6-15/h11-13H,1-10,16H2. The van der Waals surface area contributed by atoms with Crippen LogP contribution in [-0.4, -0.2) is 35.5 Å². The zero-order chi connectivity index (χ0) is 13.3. The number of ether oxygens (including phenoxy) is 1. The molecule has 2 saturated heterocycles. The van der Waals surface area contributed by atoms with Crippen molar-refractivity contribution in [3.63, 3.8) is 0 Å². The predicted molar refractivity (Wildman–Crippen MR) is 78.3 cm³/mol. The molecule has 2 aliphatic heterocycles. The van der Waals surface area contributed by atoms with Crippen LogP contribution in [0.2, 0.25) is 0 Å². The largest absolute Gasteiger partial charge is 0.375 e. The van der Waals surface area contributed by atoms with E-state index in [0.717, 1.165) is 51.6 Å². The molecule has 0 aromatic heterocycles. The maximum atomic E-state index is 12.7. The van der Waals surface area contributed by atoms with Gasteiger partial charge < -0.3 is 10.5 Å². The van der Waals surface area contributed by atoms with Gasteiger partial charge in [-0.15, -0.1) is 0 Å². The summed E-state index contributed by atoms with van der Waals surface area (Å²) in [5.41, 5.74) is 6.12. The fourth-order valence-corrected chi connectivity index (χ4v) is 5.24. The van der Waals surface area contributed by atoms with Crippen LogP contribution >= 0.6 is 11.8 Å². The molecule has 3 nitrogen and oxygen atoms in total. The monoisotopic (exact) mass is 283 g/mol. The first-order valence-electron chi connectivity index (χ1n) is 7.71. The Morgan fingerprint density at radius 1 is 1.21 bits per heavy atom. The molecule has 0 aromatic rings. The SMILES string of the molecule is NC1CCCC1C(=O)C1CCOC2(CCSCC2)C1. The summed E-state index contributed by atoms with van der Waals surface area (Å²) < 4.78 is 6.08. The van der Waals surface area contributed by atoms with Crippen molar-refractivity contribution in [1.82, 2.24) is 0 Å². The van der Waals surface area contributed by atoms with Gasteiger partial charge in [0.1, 0.15) is 5.78 Å². The Hall–Kier alpha value is -0.0600. The Bertz CT molecular complexity index is 336. The van der Waals surface area contributed by atoms with E-state index in [0.29, 0.717) is 5.78 Å². The van der Waals surface area contributed by atoms with E-state index in [1.165, 1.54) is 11.5 Å². The second-order valence-electron chi connectivity index (χ2n) is 6.44. The number of nitrogens with two attached hydrogens (primary N) is 1. The fraction of sp³-hybridized carbons (Fsp3) is 0.933. The quantitative estimate of drug-likeness (QED) is 0.845. The molecule has 0 radical (unpaired) electrons. The number of carbonyl (C=O) groups is 1. The summed E-state index contributed by atoms with van der Waals surface area (Å²) in [5, 5.41) is 0. The van der Waals surface area contributed by atoms with Crippen molar-refractivity contribution >= 4 is 17.5 Å². The van der Waals surface area contributed by atoms with Crippen molar-refractivity contribution in [2.75, 3.05) is 18.1 Å². The summed E-state index contributed by atoms with van der Waals surface area (Å²) in [5.74, 6) is 3.17. The maximum absolute atomic E-state index is 12.7. The lowest BCUT2D eigenvalue weighted by atomic mass is 9.76. The van der Waals surface area contributed by atoms with Crippen LogP contribution in [-0.2, 0) is 9.53 Å². The fourth-order valence-electron chi connectivity index (χ4n) is 4.01. The third-order valence-corrected chi connectivity index (χ3v) is 6.22. The van der Waals surface area contributed by atoms with Gasteiger partial charge in [0.25, 0.3) is 0 Å². The zero-order valence-corrected chi connectivity index (χ0v) is 12.4. The molecule has 108 valence electrons. The molecule has 19 heavy (non-hydrogen) atoms. The van der Waals surface area contributed by atoms with Gasteiger partial charge in [0.05, 0.1) is 5.60 Å². The number of ketones is 1. The van der Waals surface area contributed by atoms with Crippen LogP contribution in [0.1, 0.15) is 44.9 Å². The number of Topliss-reactive ketones (excluding diaryl/α,β-unsaturated/α-hetero) is 1. The summed E-state index contributed by atoms with van der Waals surface area (Å²) >= 11 is 2.01. The van der Waals surface area contributed by atoms with Gasteiger partial charge in [-0.2, -0.15) is 11.8 Å². The Morgan fingerprint density at radius 3 is 2.68 bits per heavy atom. The van der Waals surface area contributed by atoms with Crippen LogP contribution in [0.15, 0.2) is 0 Å². The van der Waals surface area contributed by atoms with E-state index in [1.54, 1.807) is 0 Å². The molecule has 3 fully saturated rings. The first-order valence-corrected chi connectivity index (χ1v) is 8.87. The van der Waals surface area contributed by atoms with E-state index in [-0.39, 0.29) is 23.5 Å². The highest BCUT2D eigenvalue weighted by atomic mass is 32.2. The number of thioether (sulfide) groups is 1. The zero-order valence-electron chi connectivity index (χ0n) is 11.6. The third-order valence-electron chi connectivity index (χ3n) is 5.23. The molecule has 0 amide bonds. The van der Waals surface area contributed by atoms with Crippen LogP contribution in [0, 0.1) is 11.8 Å². The second kappa shape index (κ2) is 5.74. The van der Waals surface area contributed by atoms with Crippen LogP contribution < -0.4 is 5.73 Å². The lowest BCUT2D eigenvalue weighted by molar-refractivity contribution is -0.142. The summed E-state index contributed by atoms with van der Waals surface area (Å²) in [6.07, 6.45) is 7.28. The van der Waals surface area contributed by atoms with Gasteiger partial charge in [0.2, 0.25) is 0 Å². The first kappa shape index (κ1) is 13.9. The summed E-state index contributed by atoms with van der Waals surface area (Å²) in [4.78, 5) is 12.7. The van der Waals surface area contributed by atoms with Crippen molar-refractivity contribution in [1.29, 1.82) is 0 Å². The predicted octanol–water partition coefficient (Wildman–Crippen LogP) is 2.38. The van der Waals surface area contributed by atoms with Gasteiger partial charge >= 0.3 is 0 Å². The highest BCUT2D eigenvalue weighted by Crippen LogP contribution is 2.41. The molecule has 3 atom stereocenters. The molecule has 1 saturated carbocycles. The lowest BCUT2D eigenvalue weighted by Crippen LogP contribution is -2.46. The molecule has 2 N–H and O–H groups in total. The van der Waals surface area contributed by atoms with Crippen molar-refractivity contribution < 1.29 is 9.53 Å². The molecule has 3 aliphatic rings. The molecule has 2 heterocycles. The molecule has 1 spiro atoms. The Morgan fingerprint density at radius 2 is 2.00 bits per heavy atom. The average Bonchev–Trinajstić information content (AvgIpc) is 2.85. The van der Waals surface area contributed by atoms with E-state index in [4.69, 9.17) is 10.5 Å². The average molecular weight is 283 g/mol. The van der Waals surface area contributed by atoms with Crippen molar-refractivity contribution in [3.8, 4) is 0 Å². The molecule has 4 heteroatoms. The molecule has 1 aliphatic carbocycles. The maximum Gasteiger partial charge on any atom is 0.140 e.